The van der Waals surface area contributed by atoms with Gasteiger partial charge in [-0.05, 0) is 19.9 Å². The van der Waals surface area contributed by atoms with Crippen molar-refractivity contribution in [2.45, 2.75) is 20.0 Å². The Hall–Kier alpha value is -1.49. The Bertz CT molecular complexity index is 360. The van der Waals surface area contributed by atoms with Gasteiger partial charge in [0, 0.05) is 19.9 Å². The van der Waals surface area contributed by atoms with Crippen LogP contribution in [0, 0.1) is 0 Å². The fourth-order valence-electron chi connectivity index (χ4n) is 1.35. The highest BCUT2D eigenvalue weighted by Crippen LogP contribution is 2.11. The Labute approximate surface area is 95.1 Å². The van der Waals surface area contributed by atoms with Crippen molar-refractivity contribution in [2.24, 2.45) is 7.05 Å². The molecule has 5 heteroatoms. The zero-order valence-corrected chi connectivity index (χ0v) is 9.90. The minimum Gasteiger partial charge on any atom is -0.456 e. The van der Waals surface area contributed by atoms with Gasteiger partial charge in [-0.3, -0.25) is 0 Å². The predicted octanol–water partition coefficient (Wildman–Crippen LogP) is 1.19. The lowest BCUT2D eigenvalue weighted by Crippen LogP contribution is -2.21. The molecule has 0 radical (unpaired) electrons. The number of nitrogens with two attached hydrogens (primary N) is 1. The van der Waals surface area contributed by atoms with E-state index in [1.165, 1.54) is 0 Å². The third kappa shape index (κ3) is 3.27. The van der Waals surface area contributed by atoms with Gasteiger partial charge in [0.25, 0.3) is 0 Å². The molecule has 0 fully saturated rings. The van der Waals surface area contributed by atoms with Crippen molar-refractivity contribution >= 4 is 11.7 Å². The molecule has 1 aromatic rings. The third-order valence-corrected chi connectivity index (χ3v) is 2.10. The number of anilines is 1. The van der Waals surface area contributed by atoms with E-state index in [2.05, 4.69) is 0 Å². The van der Waals surface area contributed by atoms with Gasteiger partial charge < -0.3 is 19.8 Å². The van der Waals surface area contributed by atoms with Gasteiger partial charge in [-0.25, -0.2) is 4.79 Å². The zero-order valence-electron chi connectivity index (χ0n) is 9.90. The highest BCUT2D eigenvalue weighted by atomic mass is 16.6. The number of aryl methyl sites for hydroxylation is 1. The maximum atomic E-state index is 11.7. The number of rotatable bonds is 5. The van der Waals surface area contributed by atoms with Crippen LogP contribution in [0.2, 0.25) is 0 Å². The van der Waals surface area contributed by atoms with Gasteiger partial charge in [0.05, 0.1) is 12.3 Å². The van der Waals surface area contributed by atoms with Crippen molar-refractivity contribution < 1.29 is 14.3 Å². The number of esters is 1. The summed E-state index contributed by atoms with van der Waals surface area (Å²) in [6.45, 7) is 4.70. The maximum Gasteiger partial charge on any atom is 0.355 e. The summed E-state index contributed by atoms with van der Waals surface area (Å²) in [5.74, 6) is -0.383. The number of hydrogen-bond donors (Lipinski definition) is 1. The zero-order chi connectivity index (χ0) is 12.1. The number of carbonyl (C=O) groups is 1. The minimum absolute atomic E-state index is 0.261. The van der Waals surface area contributed by atoms with Gasteiger partial charge in [0.1, 0.15) is 11.8 Å². The molecule has 0 aliphatic rings. The molecule has 0 saturated carbocycles. The van der Waals surface area contributed by atoms with E-state index in [1.54, 1.807) is 30.8 Å². The van der Waals surface area contributed by atoms with Crippen LogP contribution >= 0.6 is 0 Å². The van der Waals surface area contributed by atoms with Crippen molar-refractivity contribution in [3.63, 3.8) is 0 Å². The molecule has 1 atom stereocenters. The molecule has 1 rings (SSSR count). The quantitative estimate of drug-likeness (QED) is 0.766. The van der Waals surface area contributed by atoms with Crippen LogP contribution in [0.25, 0.3) is 0 Å². The molecule has 0 saturated heterocycles. The highest BCUT2D eigenvalue weighted by Gasteiger charge is 2.15. The first kappa shape index (κ1) is 12.6. The summed E-state index contributed by atoms with van der Waals surface area (Å²) >= 11 is 0. The number of nitrogen functional groups attached to an aromatic ring is 1. The lowest BCUT2D eigenvalue weighted by Gasteiger charge is -2.13. The van der Waals surface area contributed by atoms with Crippen LogP contribution < -0.4 is 5.73 Å². The monoisotopic (exact) mass is 226 g/mol. The summed E-state index contributed by atoms with van der Waals surface area (Å²) in [7, 11) is 1.75. The Balaban J connectivity index is 2.55. The topological polar surface area (TPSA) is 66.5 Å². The van der Waals surface area contributed by atoms with Gasteiger partial charge >= 0.3 is 5.97 Å². The molecule has 0 amide bonds. The van der Waals surface area contributed by atoms with Crippen LogP contribution in [0.3, 0.4) is 0 Å². The van der Waals surface area contributed by atoms with E-state index in [4.69, 9.17) is 15.2 Å². The summed E-state index contributed by atoms with van der Waals surface area (Å²) in [6.07, 6.45) is 1.41. The number of nitrogens with zero attached hydrogens (tertiary/aromatic N) is 1. The van der Waals surface area contributed by atoms with Crippen molar-refractivity contribution in [3.05, 3.63) is 18.0 Å². The maximum absolute atomic E-state index is 11.7. The lowest BCUT2D eigenvalue weighted by molar-refractivity contribution is 0.00357. The van der Waals surface area contributed by atoms with Crippen LogP contribution in [-0.2, 0) is 16.5 Å². The standard InChI is InChI=1S/C11H18N2O3/c1-4-15-7-8(2)16-11(14)10-5-9(12)6-13(10)3/h5-6,8H,4,7,12H2,1-3H3. The summed E-state index contributed by atoms with van der Waals surface area (Å²) in [5, 5.41) is 0. The summed E-state index contributed by atoms with van der Waals surface area (Å²) in [5.41, 5.74) is 6.57. The van der Waals surface area contributed by atoms with E-state index >= 15 is 0 Å². The molecule has 1 unspecified atom stereocenters. The SMILES string of the molecule is CCOCC(C)OC(=O)c1cc(N)cn1C. The first-order chi connectivity index (χ1) is 7.54. The average Bonchev–Trinajstić information content (AvgIpc) is 2.54. The van der Waals surface area contributed by atoms with Crippen LogP contribution in [0.4, 0.5) is 5.69 Å². The molecule has 5 nitrogen and oxygen atoms in total. The highest BCUT2D eigenvalue weighted by molar-refractivity contribution is 5.89. The molecule has 2 N–H and O–H groups in total. The fourth-order valence-corrected chi connectivity index (χ4v) is 1.35. The minimum atomic E-state index is -0.383. The number of aromatic nitrogens is 1. The van der Waals surface area contributed by atoms with E-state index in [0.29, 0.717) is 24.6 Å². The lowest BCUT2D eigenvalue weighted by atomic mass is 10.4. The summed E-state index contributed by atoms with van der Waals surface area (Å²) in [4.78, 5) is 11.7. The van der Waals surface area contributed by atoms with E-state index in [-0.39, 0.29) is 12.1 Å². The van der Waals surface area contributed by atoms with Gasteiger partial charge in [0.15, 0.2) is 0 Å². The second-order valence-electron chi connectivity index (χ2n) is 3.64. The molecular formula is C11H18N2O3. The first-order valence-electron chi connectivity index (χ1n) is 5.25. The molecule has 16 heavy (non-hydrogen) atoms. The van der Waals surface area contributed by atoms with E-state index in [9.17, 15) is 4.79 Å². The normalized spacial score (nSPS) is 12.4. The van der Waals surface area contributed by atoms with Gasteiger partial charge in [-0.2, -0.15) is 0 Å². The smallest absolute Gasteiger partial charge is 0.355 e. The number of ether oxygens (including phenoxy) is 2. The van der Waals surface area contributed by atoms with Gasteiger partial charge in [-0.1, -0.05) is 0 Å². The summed E-state index contributed by atoms with van der Waals surface area (Å²) in [6, 6.07) is 1.59. The van der Waals surface area contributed by atoms with Crippen LogP contribution in [-0.4, -0.2) is 29.9 Å². The molecule has 0 aromatic carbocycles. The van der Waals surface area contributed by atoms with Crippen molar-refractivity contribution in [1.29, 1.82) is 0 Å². The van der Waals surface area contributed by atoms with Crippen molar-refractivity contribution in [1.82, 2.24) is 4.57 Å². The first-order valence-corrected chi connectivity index (χ1v) is 5.25. The predicted molar refractivity (Wildman–Crippen MR) is 61.2 cm³/mol. The molecule has 0 aliphatic carbocycles. The second kappa shape index (κ2) is 5.55. The van der Waals surface area contributed by atoms with Gasteiger partial charge in [-0.15, -0.1) is 0 Å². The van der Waals surface area contributed by atoms with Crippen LogP contribution in [0.5, 0.6) is 0 Å². The molecule has 90 valence electrons. The molecule has 1 aromatic heterocycles. The van der Waals surface area contributed by atoms with Crippen LogP contribution in [0.15, 0.2) is 12.3 Å². The average molecular weight is 226 g/mol. The molecule has 0 spiro atoms. The Morgan fingerprint density at radius 2 is 2.31 bits per heavy atom. The van der Waals surface area contributed by atoms with E-state index in [0.717, 1.165) is 0 Å². The molecule has 1 heterocycles. The number of carbonyl (C=O) groups excluding carboxylic acids is 1. The largest absolute Gasteiger partial charge is 0.456 e. The Morgan fingerprint density at radius 3 is 2.81 bits per heavy atom. The Morgan fingerprint density at radius 1 is 1.62 bits per heavy atom. The van der Waals surface area contributed by atoms with Crippen molar-refractivity contribution in [3.8, 4) is 0 Å². The third-order valence-electron chi connectivity index (χ3n) is 2.10. The molecule has 0 aliphatic heterocycles. The number of hydrogen-bond acceptors (Lipinski definition) is 4. The summed E-state index contributed by atoms with van der Waals surface area (Å²) < 4.78 is 12.0. The van der Waals surface area contributed by atoms with E-state index in [1.807, 2.05) is 6.92 Å². The van der Waals surface area contributed by atoms with Crippen LogP contribution in [0.1, 0.15) is 24.3 Å². The fraction of sp³-hybridized carbons (Fsp3) is 0.545. The van der Waals surface area contributed by atoms with Crippen molar-refractivity contribution in [2.75, 3.05) is 18.9 Å². The van der Waals surface area contributed by atoms with Gasteiger partial charge in [0.2, 0.25) is 0 Å². The molecule has 0 bridgehead atoms. The second-order valence-corrected chi connectivity index (χ2v) is 3.64. The molecular weight excluding hydrogens is 208 g/mol. The Kier molecular flexibility index (Phi) is 4.37. The van der Waals surface area contributed by atoms with E-state index < -0.39 is 0 Å².